The van der Waals surface area contributed by atoms with Crippen molar-refractivity contribution in [2.45, 2.75) is 11.9 Å². The van der Waals surface area contributed by atoms with Crippen molar-refractivity contribution in [1.82, 2.24) is 0 Å². The molecule has 0 aromatic rings. The first-order valence-electron chi connectivity index (χ1n) is 2.10. The Bertz CT molecular complexity index is 102. The third-order valence-corrected chi connectivity index (χ3v) is 2.71. The fraction of sp³-hybridized carbons (Fsp3) is 0.750. The monoisotopic (exact) mass is 179 g/mol. The third kappa shape index (κ3) is 1.46. The highest BCUT2D eigenvalue weighted by molar-refractivity contribution is 9.09. The van der Waals surface area contributed by atoms with Gasteiger partial charge in [-0.25, -0.2) is 0 Å². The summed E-state index contributed by atoms with van der Waals surface area (Å²) < 4.78 is 0. The van der Waals surface area contributed by atoms with Crippen molar-refractivity contribution in [2.75, 3.05) is 5.75 Å². The number of hydrogen-bond donors (Lipinski definition) is 0. The van der Waals surface area contributed by atoms with E-state index in [0.29, 0.717) is 4.95 Å². The van der Waals surface area contributed by atoms with Gasteiger partial charge in [-0.1, -0.05) is 15.9 Å². The second-order valence-electron chi connectivity index (χ2n) is 1.39. The highest BCUT2D eigenvalue weighted by atomic mass is 79.9. The Hall–Kier alpha value is 0.500. The second kappa shape index (κ2) is 2.18. The molecule has 0 bridgehead atoms. The van der Waals surface area contributed by atoms with Crippen LogP contribution in [0.5, 0.6) is 0 Å². The number of thioether (sulfide) groups is 1. The van der Waals surface area contributed by atoms with Crippen molar-refractivity contribution in [3.63, 3.8) is 0 Å². The molecule has 1 unspecified atom stereocenters. The predicted molar refractivity (Wildman–Crippen MR) is 38.3 cm³/mol. The summed E-state index contributed by atoms with van der Waals surface area (Å²) in [6.45, 7) is 2.03. The number of hydrogen-bond acceptors (Lipinski definition) is 2. The van der Waals surface area contributed by atoms with Crippen molar-refractivity contribution in [3.05, 3.63) is 0 Å². The summed E-state index contributed by atoms with van der Waals surface area (Å²) in [5.74, 6) is 1.10. The fourth-order valence-electron chi connectivity index (χ4n) is 0.461. The zero-order valence-electron chi connectivity index (χ0n) is 4.02. The predicted octanol–water partition coefficient (Wildman–Crippen LogP) is 1.87. The fourth-order valence-corrected chi connectivity index (χ4v) is 1.96. The van der Waals surface area contributed by atoms with Crippen LogP contribution >= 0.6 is 27.7 Å². The van der Waals surface area contributed by atoms with Crippen molar-refractivity contribution in [2.24, 2.45) is 4.99 Å². The van der Waals surface area contributed by atoms with Crippen LogP contribution in [0.2, 0.25) is 0 Å². The maximum absolute atomic E-state index is 4.19. The molecule has 0 aliphatic carbocycles. The minimum absolute atomic E-state index is 0.387. The third-order valence-electron chi connectivity index (χ3n) is 0.752. The molecule has 0 spiro atoms. The topological polar surface area (TPSA) is 12.4 Å². The first-order chi connectivity index (χ1) is 3.29. The summed E-state index contributed by atoms with van der Waals surface area (Å²) in [6, 6.07) is 0. The van der Waals surface area contributed by atoms with Crippen LogP contribution in [0.25, 0.3) is 0 Å². The SMILES string of the molecule is CC1=NC(Br)CS1. The van der Waals surface area contributed by atoms with E-state index in [1.165, 1.54) is 5.04 Å². The lowest BCUT2D eigenvalue weighted by Crippen LogP contribution is -1.86. The molecular weight excluding hydrogens is 174 g/mol. The quantitative estimate of drug-likeness (QED) is 0.409. The maximum atomic E-state index is 4.19. The van der Waals surface area contributed by atoms with Gasteiger partial charge in [-0.15, -0.1) is 11.8 Å². The van der Waals surface area contributed by atoms with E-state index in [0.717, 1.165) is 5.75 Å². The number of aliphatic imine (C=N–C) groups is 1. The van der Waals surface area contributed by atoms with Crippen LogP contribution in [0.4, 0.5) is 0 Å². The first kappa shape index (κ1) is 5.63. The lowest BCUT2D eigenvalue weighted by Gasteiger charge is -1.85. The Morgan fingerprint density at radius 3 is 2.86 bits per heavy atom. The largest absolute Gasteiger partial charge is 0.268 e. The van der Waals surface area contributed by atoms with Gasteiger partial charge in [0, 0.05) is 5.75 Å². The Morgan fingerprint density at radius 1 is 2.00 bits per heavy atom. The summed E-state index contributed by atoms with van der Waals surface area (Å²) in [6.07, 6.45) is 0. The van der Waals surface area contributed by atoms with E-state index in [-0.39, 0.29) is 0 Å². The highest BCUT2D eigenvalue weighted by Crippen LogP contribution is 2.20. The Morgan fingerprint density at radius 2 is 2.71 bits per heavy atom. The average Bonchev–Trinajstić information content (AvgIpc) is 1.87. The molecule has 0 amide bonds. The molecule has 0 saturated carbocycles. The van der Waals surface area contributed by atoms with Gasteiger partial charge in [0.25, 0.3) is 0 Å². The molecule has 0 saturated heterocycles. The molecule has 1 rings (SSSR count). The van der Waals surface area contributed by atoms with Gasteiger partial charge < -0.3 is 0 Å². The summed E-state index contributed by atoms with van der Waals surface area (Å²) in [7, 11) is 0. The Kier molecular flexibility index (Phi) is 1.75. The van der Waals surface area contributed by atoms with Gasteiger partial charge >= 0.3 is 0 Å². The van der Waals surface area contributed by atoms with Gasteiger partial charge in [0.2, 0.25) is 0 Å². The van der Waals surface area contributed by atoms with E-state index < -0.39 is 0 Å². The molecule has 0 fully saturated rings. The number of alkyl halides is 1. The molecule has 0 N–H and O–H groups in total. The van der Waals surface area contributed by atoms with Gasteiger partial charge in [0.05, 0.1) is 5.04 Å². The zero-order chi connectivity index (χ0) is 5.28. The molecule has 3 heteroatoms. The maximum Gasteiger partial charge on any atom is 0.115 e. The van der Waals surface area contributed by atoms with Crippen LogP contribution < -0.4 is 0 Å². The van der Waals surface area contributed by atoms with Gasteiger partial charge in [-0.05, 0) is 6.92 Å². The number of rotatable bonds is 0. The molecule has 1 nitrogen and oxygen atoms in total. The first-order valence-corrected chi connectivity index (χ1v) is 4.00. The molecular formula is C4H6BrNS. The van der Waals surface area contributed by atoms with Crippen molar-refractivity contribution in [1.29, 1.82) is 0 Å². The summed E-state index contributed by atoms with van der Waals surface area (Å²) >= 11 is 5.18. The zero-order valence-corrected chi connectivity index (χ0v) is 6.42. The van der Waals surface area contributed by atoms with Crippen LogP contribution in [0.3, 0.4) is 0 Å². The van der Waals surface area contributed by atoms with Crippen molar-refractivity contribution >= 4 is 32.7 Å². The van der Waals surface area contributed by atoms with Crippen molar-refractivity contribution in [3.8, 4) is 0 Å². The van der Waals surface area contributed by atoms with E-state index >= 15 is 0 Å². The average molecular weight is 180 g/mol. The van der Waals surface area contributed by atoms with Crippen LogP contribution in [-0.2, 0) is 0 Å². The van der Waals surface area contributed by atoms with Gasteiger partial charge in [-0.3, -0.25) is 4.99 Å². The Labute approximate surface area is 55.7 Å². The number of halogens is 1. The summed E-state index contributed by atoms with van der Waals surface area (Å²) in [5.41, 5.74) is 0. The van der Waals surface area contributed by atoms with E-state index in [2.05, 4.69) is 20.9 Å². The Balaban J connectivity index is 2.50. The second-order valence-corrected chi connectivity index (χ2v) is 3.66. The van der Waals surface area contributed by atoms with Crippen LogP contribution in [0.15, 0.2) is 4.99 Å². The van der Waals surface area contributed by atoms with Crippen LogP contribution in [0, 0.1) is 0 Å². The molecule has 0 aromatic carbocycles. The van der Waals surface area contributed by atoms with Gasteiger partial charge in [0.1, 0.15) is 4.95 Å². The lowest BCUT2D eigenvalue weighted by molar-refractivity contribution is 1.11. The summed E-state index contributed by atoms with van der Waals surface area (Å²) in [4.78, 5) is 4.57. The van der Waals surface area contributed by atoms with Crippen LogP contribution in [-0.4, -0.2) is 15.7 Å². The van der Waals surface area contributed by atoms with Gasteiger partial charge in [-0.2, -0.15) is 0 Å². The standard InChI is InChI=1S/C4H6BrNS/c1-3-6-4(5)2-7-3/h4H,2H2,1H3. The minimum atomic E-state index is 0.387. The van der Waals surface area contributed by atoms with Crippen molar-refractivity contribution < 1.29 is 0 Å². The van der Waals surface area contributed by atoms with Gasteiger partial charge in [0.15, 0.2) is 0 Å². The molecule has 1 atom stereocenters. The smallest absolute Gasteiger partial charge is 0.115 e. The minimum Gasteiger partial charge on any atom is -0.268 e. The number of nitrogens with zero attached hydrogens (tertiary/aromatic N) is 1. The molecule has 1 aliphatic rings. The normalized spacial score (nSPS) is 30.6. The summed E-state index contributed by atoms with van der Waals surface area (Å²) in [5, 5.41) is 1.20. The lowest BCUT2D eigenvalue weighted by atomic mass is 10.7. The molecule has 1 aliphatic heterocycles. The van der Waals surface area contributed by atoms with E-state index in [4.69, 9.17) is 0 Å². The molecule has 0 radical (unpaired) electrons. The molecule has 0 aromatic heterocycles. The van der Waals surface area contributed by atoms with E-state index in [9.17, 15) is 0 Å². The van der Waals surface area contributed by atoms with E-state index in [1.807, 2.05) is 18.7 Å². The van der Waals surface area contributed by atoms with E-state index in [1.54, 1.807) is 0 Å². The molecule has 7 heavy (non-hydrogen) atoms. The molecule has 1 heterocycles. The highest BCUT2D eigenvalue weighted by Gasteiger charge is 2.09. The van der Waals surface area contributed by atoms with Crippen LogP contribution in [0.1, 0.15) is 6.92 Å². The molecule has 40 valence electrons.